The van der Waals surface area contributed by atoms with Crippen LogP contribution in [0.5, 0.6) is 0 Å². The highest BCUT2D eigenvalue weighted by molar-refractivity contribution is 5.75. The van der Waals surface area contributed by atoms with Gasteiger partial charge in [0, 0.05) is 13.0 Å². The molecule has 0 aliphatic heterocycles. The van der Waals surface area contributed by atoms with Gasteiger partial charge < -0.3 is 10.2 Å². The first-order valence-corrected chi connectivity index (χ1v) is 18.1. The highest BCUT2D eigenvalue weighted by Gasteiger charge is 2.40. The van der Waals surface area contributed by atoms with Crippen LogP contribution in [0.4, 0.5) is 0 Å². The fourth-order valence-electron chi connectivity index (χ4n) is 6.20. The normalized spacial score (nSPS) is 14.7. The number of amides is 1. The molecule has 1 amide bonds. The van der Waals surface area contributed by atoms with Gasteiger partial charge in [-0.3, -0.25) is 4.79 Å². The van der Waals surface area contributed by atoms with Gasteiger partial charge in [0.2, 0.25) is 5.91 Å². The van der Waals surface area contributed by atoms with Crippen LogP contribution in [0.3, 0.4) is 0 Å². The van der Waals surface area contributed by atoms with Gasteiger partial charge >= 0.3 is 0 Å². The van der Waals surface area contributed by atoms with Gasteiger partial charge in [0.05, 0.1) is 0 Å². The third-order valence-electron chi connectivity index (χ3n) is 9.22. The summed E-state index contributed by atoms with van der Waals surface area (Å²) in [5.41, 5.74) is 2.35. The molecule has 0 bridgehead atoms. The third-order valence-corrected chi connectivity index (χ3v) is 9.22. The number of carbonyl (C=O) groups excluding carboxylic acids is 1. The Morgan fingerprint density at radius 1 is 0.650 bits per heavy atom. The maximum absolute atomic E-state index is 12.2. The van der Waals surface area contributed by atoms with E-state index in [4.69, 9.17) is 0 Å². The van der Waals surface area contributed by atoms with Crippen LogP contribution in [0.15, 0.2) is 11.6 Å². The summed E-state index contributed by atoms with van der Waals surface area (Å²) in [4.78, 5) is 14.4. The lowest BCUT2D eigenvalue weighted by Gasteiger charge is -2.15. The molecule has 1 N–H and O–H groups in total. The molecule has 1 rings (SSSR count). The Labute approximate surface area is 252 Å². The van der Waals surface area contributed by atoms with E-state index < -0.39 is 0 Å². The molecule has 0 heterocycles. The molecule has 0 aromatic carbocycles. The van der Waals surface area contributed by atoms with Crippen molar-refractivity contribution in [3.63, 3.8) is 0 Å². The summed E-state index contributed by atoms with van der Waals surface area (Å²) in [6.45, 7) is 6.56. The Bertz CT molecular complexity index is 607. The smallest absolute Gasteiger partial charge is 0.219 e. The maximum atomic E-state index is 12.2. The minimum atomic E-state index is 0.263. The number of hydrogen-bond donors (Lipinski definition) is 1. The van der Waals surface area contributed by atoms with Crippen LogP contribution >= 0.6 is 0 Å². The molecular weight excluding hydrogens is 488 g/mol. The summed E-state index contributed by atoms with van der Waals surface area (Å²) < 4.78 is 0. The largest absolute Gasteiger partial charge is 0.356 e. The number of hydrogen-bond acceptors (Lipinski definition) is 2. The van der Waals surface area contributed by atoms with Crippen molar-refractivity contribution >= 4 is 5.91 Å². The van der Waals surface area contributed by atoms with Crippen molar-refractivity contribution in [2.24, 2.45) is 5.41 Å². The Hall–Kier alpha value is -0.830. The Balaban J connectivity index is 2.25. The summed E-state index contributed by atoms with van der Waals surface area (Å²) in [5.74, 6) is 0.263. The predicted octanol–water partition coefficient (Wildman–Crippen LogP) is 11.2. The van der Waals surface area contributed by atoms with Crippen LogP contribution in [0, 0.1) is 5.41 Å². The number of nitrogens with one attached hydrogen (secondary N) is 1. The van der Waals surface area contributed by atoms with Gasteiger partial charge in [-0.25, -0.2) is 0 Å². The van der Waals surface area contributed by atoms with E-state index in [1.807, 2.05) is 0 Å². The molecule has 0 aromatic rings. The number of unbranched alkanes of at least 4 members (excludes halogenated alkanes) is 15. The van der Waals surface area contributed by atoms with Gasteiger partial charge in [-0.05, 0) is 110 Å². The van der Waals surface area contributed by atoms with Crippen molar-refractivity contribution in [1.82, 2.24) is 10.2 Å². The lowest BCUT2D eigenvalue weighted by molar-refractivity contribution is -0.121. The minimum Gasteiger partial charge on any atom is -0.356 e. The second-order valence-corrected chi connectivity index (χ2v) is 13.6. The summed E-state index contributed by atoms with van der Waals surface area (Å²) >= 11 is 0. The monoisotopic (exact) mass is 561 g/mol. The molecular formula is C37H72N2O. The van der Waals surface area contributed by atoms with Gasteiger partial charge in [-0.2, -0.15) is 0 Å². The zero-order valence-corrected chi connectivity index (χ0v) is 27.9. The topological polar surface area (TPSA) is 32.3 Å². The second kappa shape index (κ2) is 25.8. The summed E-state index contributed by atoms with van der Waals surface area (Å²) in [5, 5.41) is 3.13. The number of carbonyl (C=O) groups is 1. The van der Waals surface area contributed by atoms with E-state index >= 15 is 0 Å². The van der Waals surface area contributed by atoms with Crippen LogP contribution in [0.1, 0.15) is 187 Å². The first-order valence-electron chi connectivity index (χ1n) is 18.1. The van der Waals surface area contributed by atoms with Crippen LogP contribution in [-0.2, 0) is 4.79 Å². The summed E-state index contributed by atoms with van der Waals surface area (Å²) in [6.07, 6.45) is 38.6. The predicted molar refractivity (Wildman–Crippen MR) is 178 cm³/mol. The van der Waals surface area contributed by atoms with Crippen molar-refractivity contribution in [1.29, 1.82) is 0 Å². The molecule has 1 aliphatic rings. The molecule has 40 heavy (non-hydrogen) atoms. The molecule has 0 aromatic heterocycles. The fraction of sp³-hybridized carbons (Fsp3) is 0.919. The van der Waals surface area contributed by atoms with Crippen LogP contribution in [0.2, 0.25) is 0 Å². The standard InChI is InChI=1S/C37H72N2O/c1-5-7-9-11-13-15-17-19-26-35(25-18-16-14-12-10-8-6-2)27-20-21-29-37(31-32-37)30-24-28-36(40)38-33-22-23-34-39(3)4/h27H,5-26,28-34H2,1-4H3,(H,38,40)/b35-27-. The molecule has 0 unspecified atom stereocenters. The summed E-state index contributed by atoms with van der Waals surface area (Å²) in [6, 6.07) is 0. The number of rotatable bonds is 30. The van der Waals surface area contributed by atoms with Crippen LogP contribution in [0.25, 0.3) is 0 Å². The lowest BCUT2D eigenvalue weighted by atomic mass is 9.91. The SMILES string of the molecule is CCCCCCCCCC/C(=C\CCCC1(CCCC(=O)NCCCCN(C)C)CC1)CCCCCCCCC. The summed E-state index contributed by atoms with van der Waals surface area (Å²) in [7, 11) is 4.22. The Morgan fingerprint density at radius 2 is 1.18 bits per heavy atom. The maximum Gasteiger partial charge on any atom is 0.219 e. The van der Waals surface area contributed by atoms with Gasteiger partial charge in [0.15, 0.2) is 0 Å². The van der Waals surface area contributed by atoms with Crippen molar-refractivity contribution in [3.05, 3.63) is 11.6 Å². The van der Waals surface area contributed by atoms with Crippen molar-refractivity contribution in [2.45, 2.75) is 187 Å². The lowest BCUT2D eigenvalue weighted by Crippen LogP contribution is -2.25. The van der Waals surface area contributed by atoms with Gasteiger partial charge in [-0.15, -0.1) is 0 Å². The first-order chi connectivity index (χ1) is 19.5. The molecule has 1 aliphatic carbocycles. The average molecular weight is 561 g/mol. The van der Waals surface area contributed by atoms with Crippen LogP contribution in [-0.4, -0.2) is 38.0 Å². The highest BCUT2D eigenvalue weighted by Crippen LogP contribution is 2.53. The highest BCUT2D eigenvalue weighted by atomic mass is 16.1. The zero-order valence-electron chi connectivity index (χ0n) is 27.9. The first kappa shape index (κ1) is 37.2. The molecule has 236 valence electrons. The number of allylic oxidation sites excluding steroid dienone is 2. The fourth-order valence-corrected chi connectivity index (χ4v) is 6.20. The molecule has 0 radical (unpaired) electrons. The molecule has 0 saturated heterocycles. The Morgan fingerprint density at radius 3 is 1.70 bits per heavy atom. The van der Waals surface area contributed by atoms with Crippen molar-refractivity contribution < 1.29 is 4.79 Å². The van der Waals surface area contributed by atoms with E-state index in [-0.39, 0.29) is 5.91 Å². The average Bonchev–Trinajstić information content (AvgIpc) is 3.70. The van der Waals surface area contributed by atoms with Crippen molar-refractivity contribution in [2.75, 3.05) is 27.2 Å². The molecule has 1 saturated carbocycles. The molecule has 0 spiro atoms. The quantitative estimate of drug-likeness (QED) is 0.0700. The minimum absolute atomic E-state index is 0.263. The molecule has 1 fully saturated rings. The van der Waals surface area contributed by atoms with Crippen molar-refractivity contribution in [3.8, 4) is 0 Å². The van der Waals surface area contributed by atoms with E-state index in [9.17, 15) is 4.79 Å². The van der Waals surface area contributed by atoms with E-state index in [1.54, 1.807) is 5.57 Å². The Kier molecular flexibility index (Phi) is 24.0. The third kappa shape index (κ3) is 22.8. The van der Waals surface area contributed by atoms with E-state index in [1.165, 1.54) is 148 Å². The van der Waals surface area contributed by atoms with E-state index in [2.05, 4.69) is 44.2 Å². The number of nitrogens with zero attached hydrogens (tertiary/aromatic N) is 1. The molecule has 3 heteroatoms. The zero-order chi connectivity index (χ0) is 29.2. The second-order valence-electron chi connectivity index (χ2n) is 13.6. The molecule has 0 atom stereocenters. The van der Waals surface area contributed by atoms with E-state index in [0.717, 1.165) is 38.8 Å². The van der Waals surface area contributed by atoms with Gasteiger partial charge in [0.25, 0.3) is 0 Å². The molecule has 3 nitrogen and oxygen atoms in total. The van der Waals surface area contributed by atoms with Crippen LogP contribution < -0.4 is 5.32 Å². The van der Waals surface area contributed by atoms with E-state index in [0.29, 0.717) is 5.41 Å². The van der Waals surface area contributed by atoms with Gasteiger partial charge in [0.1, 0.15) is 0 Å². The van der Waals surface area contributed by atoms with Gasteiger partial charge in [-0.1, -0.05) is 109 Å².